The normalized spacial score (nSPS) is 10.1. The Balaban J connectivity index is 2.49. The van der Waals surface area contributed by atoms with Crippen LogP contribution < -0.4 is 17.2 Å². The molecule has 2 aromatic rings. The minimum absolute atomic E-state index is 0.390. The van der Waals surface area contributed by atoms with Gasteiger partial charge in [-0.25, -0.2) is 9.97 Å². The quantitative estimate of drug-likeness (QED) is 0.635. The Morgan fingerprint density at radius 1 is 0.867 bits per heavy atom. The van der Waals surface area contributed by atoms with E-state index in [0.717, 1.165) is 11.1 Å². The Hall–Kier alpha value is -2.30. The molecule has 2 aromatic heterocycles. The van der Waals surface area contributed by atoms with Crippen molar-refractivity contribution in [3.8, 4) is 11.1 Å². The van der Waals surface area contributed by atoms with Crippen LogP contribution in [0.3, 0.4) is 0 Å². The molecule has 0 atom stereocenters. The van der Waals surface area contributed by atoms with E-state index >= 15 is 0 Å². The van der Waals surface area contributed by atoms with E-state index in [9.17, 15) is 0 Å². The average Bonchev–Trinajstić information content (AvgIpc) is 2.20. The molecule has 0 bridgehead atoms. The number of nitrogens with zero attached hydrogens (tertiary/aromatic N) is 2. The maximum atomic E-state index is 5.74. The maximum absolute atomic E-state index is 5.74. The fourth-order valence-electron chi connectivity index (χ4n) is 1.30. The van der Waals surface area contributed by atoms with Gasteiger partial charge in [-0.15, -0.1) is 0 Å². The van der Waals surface area contributed by atoms with Crippen molar-refractivity contribution in [2.75, 3.05) is 17.2 Å². The fourth-order valence-corrected chi connectivity index (χ4v) is 1.30. The monoisotopic (exact) mass is 201 g/mol. The zero-order chi connectivity index (χ0) is 10.8. The van der Waals surface area contributed by atoms with Gasteiger partial charge in [-0.1, -0.05) is 0 Å². The topological polar surface area (TPSA) is 104 Å². The standard InChI is InChI=1S/C10H11N5/c11-8-3-1-6(5-14-8)7-2-4-9(12)15-10(7)13/h1-5H,(H2,11,14)(H4,12,13,15). The van der Waals surface area contributed by atoms with Crippen molar-refractivity contribution < 1.29 is 0 Å². The maximum Gasteiger partial charge on any atom is 0.133 e. The molecule has 0 radical (unpaired) electrons. The molecule has 15 heavy (non-hydrogen) atoms. The van der Waals surface area contributed by atoms with Gasteiger partial charge in [-0.2, -0.15) is 0 Å². The van der Waals surface area contributed by atoms with Crippen LogP contribution in [0.4, 0.5) is 17.5 Å². The second kappa shape index (κ2) is 3.45. The molecule has 2 rings (SSSR count). The van der Waals surface area contributed by atoms with E-state index in [4.69, 9.17) is 17.2 Å². The Labute approximate surface area is 86.9 Å². The molecule has 6 N–H and O–H groups in total. The molecular formula is C10H11N5. The Bertz CT molecular complexity index is 478. The van der Waals surface area contributed by atoms with Gasteiger partial charge in [0, 0.05) is 17.3 Å². The summed E-state index contributed by atoms with van der Waals surface area (Å²) < 4.78 is 0. The smallest absolute Gasteiger partial charge is 0.133 e. The summed E-state index contributed by atoms with van der Waals surface area (Å²) in [5.41, 5.74) is 18.4. The van der Waals surface area contributed by atoms with Crippen molar-refractivity contribution in [2.45, 2.75) is 0 Å². The fraction of sp³-hybridized carbons (Fsp3) is 0. The number of rotatable bonds is 1. The van der Waals surface area contributed by atoms with Crippen LogP contribution in [0.25, 0.3) is 11.1 Å². The number of nitrogens with two attached hydrogens (primary N) is 3. The molecule has 0 fully saturated rings. The third-order valence-corrected chi connectivity index (χ3v) is 2.04. The average molecular weight is 201 g/mol. The highest BCUT2D eigenvalue weighted by Gasteiger charge is 2.04. The van der Waals surface area contributed by atoms with Crippen molar-refractivity contribution in [2.24, 2.45) is 0 Å². The van der Waals surface area contributed by atoms with Crippen molar-refractivity contribution >= 4 is 17.5 Å². The third-order valence-electron chi connectivity index (χ3n) is 2.04. The highest BCUT2D eigenvalue weighted by Crippen LogP contribution is 2.24. The highest BCUT2D eigenvalue weighted by molar-refractivity contribution is 5.74. The van der Waals surface area contributed by atoms with Crippen LogP contribution in [0.2, 0.25) is 0 Å². The van der Waals surface area contributed by atoms with Crippen molar-refractivity contribution in [1.82, 2.24) is 9.97 Å². The first-order chi connectivity index (χ1) is 7.16. The summed E-state index contributed by atoms with van der Waals surface area (Å²) in [6.45, 7) is 0. The number of nitrogen functional groups attached to an aromatic ring is 3. The summed E-state index contributed by atoms with van der Waals surface area (Å²) in [6, 6.07) is 7.06. The van der Waals surface area contributed by atoms with E-state index in [1.54, 1.807) is 18.3 Å². The van der Waals surface area contributed by atoms with Crippen LogP contribution in [0.5, 0.6) is 0 Å². The Morgan fingerprint density at radius 2 is 1.60 bits per heavy atom. The lowest BCUT2D eigenvalue weighted by Crippen LogP contribution is -1.98. The van der Waals surface area contributed by atoms with Crippen molar-refractivity contribution in [3.63, 3.8) is 0 Å². The van der Waals surface area contributed by atoms with Gasteiger partial charge >= 0.3 is 0 Å². The lowest BCUT2D eigenvalue weighted by atomic mass is 10.1. The Kier molecular flexibility index (Phi) is 2.13. The van der Waals surface area contributed by atoms with E-state index in [2.05, 4.69) is 9.97 Å². The summed E-state index contributed by atoms with van der Waals surface area (Å²) in [5.74, 6) is 1.27. The van der Waals surface area contributed by atoms with Gasteiger partial charge in [0.05, 0.1) is 0 Å². The number of hydrogen-bond donors (Lipinski definition) is 3. The molecule has 0 aromatic carbocycles. The van der Waals surface area contributed by atoms with Crippen LogP contribution in [0.15, 0.2) is 30.5 Å². The van der Waals surface area contributed by atoms with E-state index in [-0.39, 0.29) is 0 Å². The van der Waals surface area contributed by atoms with Crippen molar-refractivity contribution in [1.29, 1.82) is 0 Å². The minimum Gasteiger partial charge on any atom is -0.384 e. The molecule has 0 unspecified atom stereocenters. The van der Waals surface area contributed by atoms with Gasteiger partial charge in [0.1, 0.15) is 17.5 Å². The molecule has 0 saturated heterocycles. The van der Waals surface area contributed by atoms with Crippen molar-refractivity contribution in [3.05, 3.63) is 30.5 Å². The van der Waals surface area contributed by atoms with E-state index in [1.165, 1.54) is 0 Å². The lowest BCUT2D eigenvalue weighted by molar-refractivity contribution is 1.31. The summed E-state index contributed by atoms with van der Waals surface area (Å²) in [4.78, 5) is 7.95. The molecule has 0 saturated carbocycles. The van der Waals surface area contributed by atoms with Gasteiger partial charge in [-0.05, 0) is 24.3 Å². The summed E-state index contributed by atoms with van der Waals surface area (Å²) in [5, 5.41) is 0. The largest absolute Gasteiger partial charge is 0.384 e. The zero-order valence-electron chi connectivity index (χ0n) is 8.01. The summed E-state index contributed by atoms with van der Waals surface area (Å²) in [6.07, 6.45) is 1.65. The van der Waals surface area contributed by atoms with Crippen LogP contribution in [0.1, 0.15) is 0 Å². The van der Waals surface area contributed by atoms with Gasteiger partial charge < -0.3 is 17.2 Å². The number of pyridine rings is 2. The first-order valence-electron chi connectivity index (χ1n) is 4.41. The lowest BCUT2D eigenvalue weighted by Gasteiger charge is -2.05. The zero-order valence-corrected chi connectivity index (χ0v) is 8.01. The van der Waals surface area contributed by atoms with Gasteiger partial charge in [0.2, 0.25) is 0 Å². The molecule has 5 heteroatoms. The van der Waals surface area contributed by atoms with Gasteiger partial charge in [0.25, 0.3) is 0 Å². The first-order valence-corrected chi connectivity index (χ1v) is 4.41. The summed E-state index contributed by atoms with van der Waals surface area (Å²) >= 11 is 0. The Morgan fingerprint density at radius 3 is 2.20 bits per heavy atom. The molecule has 0 aliphatic carbocycles. The second-order valence-electron chi connectivity index (χ2n) is 3.14. The molecule has 2 heterocycles. The second-order valence-corrected chi connectivity index (χ2v) is 3.14. The molecule has 5 nitrogen and oxygen atoms in total. The highest BCUT2D eigenvalue weighted by atomic mass is 14.9. The molecule has 0 aliphatic rings. The summed E-state index contributed by atoms with van der Waals surface area (Å²) in [7, 11) is 0. The van der Waals surface area contributed by atoms with Gasteiger partial charge in [0.15, 0.2) is 0 Å². The first kappa shape index (κ1) is 9.26. The van der Waals surface area contributed by atoms with E-state index < -0.39 is 0 Å². The molecule has 0 spiro atoms. The van der Waals surface area contributed by atoms with E-state index in [0.29, 0.717) is 17.5 Å². The van der Waals surface area contributed by atoms with Crippen LogP contribution in [0, 0.1) is 0 Å². The number of hydrogen-bond acceptors (Lipinski definition) is 5. The minimum atomic E-state index is 0.390. The number of aromatic nitrogens is 2. The van der Waals surface area contributed by atoms with Gasteiger partial charge in [-0.3, -0.25) is 0 Å². The molecule has 0 aliphatic heterocycles. The van der Waals surface area contributed by atoms with Crippen LogP contribution in [-0.2, 0) is 0 Å². The molecule has 0 amide bonds. The van der Waals surface area contributed by atoms with E-state index in [1.807, 2.05) is 12.1 Å². The SMILES string of the molecule is Nc1ccc(-c2ccc(N)nc2N)cn1. The third kappa shape index (κ3) is 1.80. The number of anilines is 3. The molecule has 76 valence electrons. The molecular weight excluding hydrogens is 190 g/mol. The van der Waals surface area contributed by atoms with Crippen LogP contribution in [-0.4, -0.2) is 9.97 Å². The predicted molar refractivity (Wildman–Crippen MR) is 60.7 cm³/mol. The predicted octanol–water partition coefficient (Wildman–Crippen LogP) is 0.890. The van der Waals surface area contributed by atoms with Crippen LogP contribution >= 0.6 is 0 Å².